The van der Waals surface area contributed by atoms with Gasteiger partial charge < -0.3 is 15.2 Å². The second-order valence-electron chi connectivity index (χ2n) is 3.77. The summed E-state index contributed by atoms with van der Waals surface area (Å²) in [7, 11) is -1.19. The van der Waals surface area contributed by atoms with Gasteiger partial charge in [-0.25, -0.2) is 8.78 Å². The van der Waals surface area contributed by atoms with Crippen LogP contribution in [0.2, 0.25) is 0 Å². The summed E-state index contributed by atoms with van der Waals surface area (Å²) in [6, 6.07) is 0. The molecule has 0 spiro atoms. The fourth-order valence-electron chi connectivity index (χ4n) is 1.10. The molecule has 0 saturated heterocycles. The Morgan fingerprint density at radius 2 is 1.65 bits per heavy atom. The van der Waals surface area contributed by atoms with E-state index in [1.54, 1.807) is 0 Å². The second-order valence-corrected chi connectivity index (χ2v) is 5.53. The predicted molar refractivity (Wildman–Crippen MR) is 73.5 cm³/mol. The van der Waals surface area contributed by atoms with Crippen molar-refractivity contribution in [1.82, 2.24) is 9.03 Å². The van der Waals surface area contributed by atoms with Gasteiger partial charge in [0.15, 0.2) is 0 Å². The largest absolute Gasteiger partial charge is 0.383 e. The maximum absolute atomic E-state index is 12.9. The number of halogens is 3. The summed E-state index contributed by atoms with van der Waals surface area (Å²) in [5.74, 6) is -3.28. The van der Waals surface area contributed by atoms with Crippen LogP contribution < -0.4 is 10.5 Å². The lowest BCUT2D eigenvalue weighted by Gasteiger charge is -2.23. The Morgan fingerprint density at radius 1 is 1.20 bits per heavy atom. The van der Waals surface area contributed by atoms with Crippen LogP contribution >= 0.6 is 12.4 Å². The first-order valence-corrected chi connectivity index (χ1v) is 7.03. The second kappa shape index (κ2) is 10.6. The average Bonchev–Trinajstić information content (AvgIpc) is 2.36. The van der Waals surface area contributed by atoms with Gasteiger partial charge >= 0.3 is 0 Å². The molecule has 0 rings (SSSR count). The normalized spacial score (nSPS) is 12.5. The van der Waals surface area contributed by atoms with E-state index in [0.717, 1.165) is 4.31 Å². The van der Waals surface area contributed by atoms with E-state index in [1.807, 2.05) is 4.72 Å². The Bertz CT molecular complexity index is 338. The summed E-state index contributed by atoms with van der Waals surface area (Å²) in [5, 5.41) is 0. The molecule has 0 aliphatic rings. The summed E-state index contributed by atoms with van der Waals surface area (Å²) in [5.41, 5.74) is 4.83. The third kappa shape index (κ3) is 8.95. The number of nitrogens with two attached hydrogens (primary N) is 1. The maximum atomic E-state index is 12.9. The summed E-state index contributed by atoms with van der Waals surface area (Å²) in [6.45, 7) is -1.57. The zero-order valence-corrected chi connectivity index (χ0v) is 13.1. The maximum Gasteiger partial charge on any atom is 0.279 e. The Kier molecular flexibility index (Phi) is 11.8. The smallest absolute Gasteiger partial charge is 0.279 e. The molecule has 3 N–H and O–H groups in total. The molecule has 124 valence electrons. The minimum Gasteiger partial charge on any atom is -0.383 e. The Balaban J connectivity index is 0. The van der Waals surface area contributed by atoms with Crippen LogP contribution in [0.25, 0.3) is 0 Å². The summed E-state index contributed by atoms with van der Waals surface area (Å²) >= 11 is 0. The van der Waals surface area contributed by atoms with Crippen molar-refractivity contribution in [2.24, 2.45) is 5.73 Å². The third-order valence-electron chi connectivity index (χ3n) is 2.24. The molecule has 0 aromatic heterocycles. The molecular formula is C9H22ClF2N3O4S. The monoisotopic (exact) mass is 341 g/mol. The highest BCUT2D eigenvalue weighted by atomic mass is 35.5. The molecule has 0 unspecified atom stereocenters. The van der Waals surface area contributed by atoms with Gasteiger partial charge in [-0.3, -0.25) is 0 Å². The minimum atomic E-state index is -4.02. The number of rotatable bonds is 11. The quantitative estimate of drug-likeness (QED) is 0.525. The fourth-order valence-corrected chi connectivity index (χ4v) is 2.30. The van der Waals surface area contributed by atoms with Gasteiger partial charge in [0.25, 0.3) is 16.1 Å². The van der Waals surface area contributed by atoms with Gasteiger partial charge in [0, 0.05) is 27.3 Å². The topological polar surface area (TPSA) is 93.9 Å². The SMILES string of the molecule is COCCN(CCOC)S(=O)(=O)NCC(F)(F)CN.Cl. The fraction of sp³-hybridized carbons (Fsp3) is 1.00. The van der Waals surface area contributed by atoms with E-state index in [0.29, 0.717) is 0 Å². The number of alkyl halides is 2. The summed E-state index contributed by atoms with van der Waals surface area (Å²) < 4.78 is 61.9. The Labute approximate surface area is 124 Å². The van der Waals surface area contributed by atoms with Crippen molar-refractivity contribution in [2.75, 3.05) is 53.6 Å². The van der Waals surface area contributed by atoms with Crippen LogP contribution in [0.4, 0.5) is 8.78 Å². The van der Waals surface area contributed by atoms with E-state index in [2.05, 4.69) is 0 Å². The van der Waals surface area contributed by atoms with E-state index >= 15 is 0 Å². The lowest BCUT2D eigenvalue weighted by molar-refractivity contribution is 0.0165. The number of nitrogens with zero attached hydrogens (tertiary/aromatic N) is 1. The Hall–Kier alpha value is -0.100. The number of hydrogen-bond donors (Lipinski definition) is 2. The van der Waals surface area contributed by atoms with Gasteiger partial charge in [0.1, 0.15) is 0 Å². The molecule has 0 aromatic rings. The number of hydrogen-bond acceptors (Lipinski definition) is 5. The first kappa shape index (κ1) is 22.2. The van der Waals surface area contributed by atoms with E-state index in [4.69, 9.17) is 15.2 Å². The van der Waals surface area contributed by atoms with Crippen molar-refractivity contribution in [1.29, 1.82) is 0 Å². The standard InChI is InChI=1S/C9H21F2N3O4S.ClH/c1-17-5-3-14(4-6-18-2)19(15,16)13-8-9(10,11)7-12;/h13H,3-8,12H2,1-2H3;1H. The van der Waals surface area contributed by atoms with Crippen LogP contribution in [0.15, 0.2) is 0 Å². The minimum absolute atomic E-state index is 0. The van der Waals surface area contributed by atoms with Gasteiger partial charge in [-0.15, -0.1) is 12.4 Å². The summed E-state index contributed by atoms with van der Waals surface area (Å²) in [6.07, 6.45) is 0. The lowest BCUT2D eigenvalue weighted by Crippen LogP contribution is -2.48. The zero-order chi connectivity index (χ0) is 14.9. The van der Waals surface area contributed by atoms with Crippen LogP contribution in [0, 0.1) is 0 Å². The molecule has 0 aliphatic heterocycles. The van der Waals surface area contributed by atoms with Crippen molar-refractivity contribution < 1.29 is 26.7 Å². The molecule has 0 saturated carbocycles. The van der Waals surface area contributed by atoms with Crippen LogP contribution in [0.3, 0.4) is 0 Å². The predicted octanol–water partition coefficient (Wildman–Crippen LogP) is -0.569. The lowest BCUT2D eigenvalue weighted by atomic mass is 10.3. The van der Waals surface area contributed by atoms with Crippen LogP contribution in [-0.2, 0) is 19.7 Å². The molecular weight excluding hydrogens is 320 g/mol. The molecule has 0 aromatic carbocycles. The van der Waals surface area contributed by atoms with Crippen molar-refractivity contribution in [3.8, 4) is 0 Å². The van der Waals surface area contributed by atoms with Crippen molar-refractivity contribution in [3.63, 3.8) is 0 Å². The molecule has 0 radical (unpaired) electrons. The van der Waals surface area contributed by atoms with Crippen molar-refractivity contribution in [2.45, 2.75) is 5.92 Å². The molecule has 7 nitrogen and oxygen atoms in total. The first-order valence-electron chi connectivity index (χ1n) is 5.59. The average molecular weight is 342 g/mol. The van der Waals surface area contributed by atoms with E-state index in [-0.39, 0.29) is 38.7 Å². The summed E-state index contributed by atoms with van der Waals surface area (Å²) in [4.78, 5) is 0. The highest BCUT2D eigenvalue weighted by molar-refractivity contribution is 7.87. The van der Waals surface area contributed by atoms with Crippen molar-refractivity contribution in [3.05, 3.63) is 0 Å². The van der Waals surface area contributed by atoms with Crippen LogP contribution in [0.1, 0.15) is 0 Å². The highest BCUT2D eigenvalue weighted by Gasteiger charge is 2.31. The molecule has 20 heavy (non-hydrogen) atoms. The van der Waals surface area contributed by atoms with E-state index in [9.17, 15) is 17.2 Å². The van der Waals surface area contributed by atoms with Gasteiger partial charge in [0.05, 0.1) is 26.3 Å². The van der Waals surface area contributed by atoms with Gasteiger partial charge in [-0.1, -0.05) is 0 Å². The molecule has 0 heterocycles. The highest BCUT2D eigenvalue weighted by Crippen LogP contribution is 2.10. The van der Waals surface area contributed by atoms with Crippen molar-refractivity contribution >= 4 is 22.6 Å². The van der Waals surface area contributed by atoms with Gasteiger partial charge in [-0.05, 0) is 0 Å². The van der Waals surface area contributed by atoms with E-state index in [1.165, 1.54) is 14.2 Å². The van der Waals surface area contributed by atoms with Crippen LogP contribution in [-0.4, -0.2) is 72.3 Å². The number of methoxy groups -OCH3 is 2. The first-order chi connectivity index (χ1) is 8.79. The van der Waals surface area contributed by atoms with Gasteiger partial charge in [-0.2, -0.15) is 17.4 Å². The molecule has 0 atom stereocenters. The molecule has 11 heteroatoms. The number of ether oxygens (including phenoxy) is 2. The molecule has 0 bridgehead atoms. The molecule has 0 fully saturated rings. The van der Waals surface area contributed by atoms with Crippen LogP contribution in [0.5, 0.6) is 0 Å². The molecule has 0 aliphatic carbocycles. The van der Waals surface area contributed by atoms with E-state index < -0.39 is 29.2 Å². The zero-order valence-electron chi connectivity index (χ0n) is 11.5. The molecule has 0 amide bonds. The Morgan fingerprint density at radius 3 is 2.00 bits per heavy atom. The third-order valence-corrected chi connectivity index (χ3v) is 3.80. The number of nitrogens with one attached hydrogen (secondary N) is 1. The van der Waals surface area contributed by atoms with Gasteiger partial charge in [0.2, 0.25) is 0 Å².